The van der Waals surface area contributed by atoms with Gasteiger partial charge >= 0.3 is 5.97 Å². The maximum Gasteiger partial charge on any atom is 0.313 e. The van der Waals surface area contributed by atoms with Crippen molar-refractivity contribution in [3.63, 3.8) is 0 Å². The second-order valence-electron chi connectivity index (χ2n) is 4.40. The zero-order valence-corrected chi connectivity index (χ0v) is 13.4. The third kappa shape index (κ3) is 3.84. The maximum atomic E-state index is 12.5. The summed E-state index contributed by atoms with van der Waals surface area (Å²) >= 11 is 2.42. The lowest BCUT2D eigenvalue weighted by Crippen LogP contribution is -2.29. The summed E-state index contributed by atoms with van der Waals surface area (Å²) in [4.78, 5) is 28.3. The molecule has 0 amide bonds. The molecule has 1 atom stereocenters. The Balaban J connectivity index is 2.41. The number of fused-ring (bicyclic) bond motifs is 1. The van der Waals surface area contributed by atoms with E-state index in [2.05, 4.69) is 4.98 Å². The van der Waals surface area contributed by atoms with Gasteiger partial charge < -0.3 is 9.84 Å². The highest BCUT2D eigenvalue weighted by Gasteiger charge is 2.15. The normalized spacial score (nSPS) is 12.7. The summed E-state index contributed by atoms with van der Waals surface area (Å²) in [5.41, 5.74) is -0.152. The van der Waals surface area contributed by atoms with Gasteiger partial charge in [-0.25, -0.2) is 4.98 Å². The molecule has 21 heavy (non-hydrogen) atoms. The molecule has 0 aromatic carbocycles. The fourth-order valence-corrected chi connectivity index (χ4v) is 3.46. The average Bonchev–Trinajstić information content (AvgIpc) is 2.88. The van der Waals surface area contributed by atoms with Gasteiger partial charge in [0.05, 0.1) is 23.8 Å². The molecule has 6 nitrogen and oxygen atoms in total. The van der Waals surface area contributed by atoms with Gasteiger partial charge in [0, 0.05) is 6.61 Å². The second-order valence-corrected chi connectivity index (χ2v) is 6.24. The van der Waals surface area contributed by atoms with Crippen molar-refractivity contribution in [1.29, 1.82) is 0 Å². The number of nitrogens with zero attached hydrogens (tertiary/aromatic N) is 2. The molecule has 0 spiro atoms. The van der Waals surface area contributed by atoms with Crippen LogP contribution in [0.3, 0.4) is 0 Å². The van der Waals surface area contributed by atoms with Gasteiger partial charge in [-0.15, -0.1) is 11.3 Å². The first-order valence-corrected chi connectivity index (χ1v) is 8.33. The molecule has 1 unspecified atom stereocenters. The highest BCUT2D eigenvalue weighted by atomic mass is 32.2. The Labute approximate surface area is 129 Å². The van der Waals surface area contributed by atoms with Crippen molar-refractivity contribution in [2.75, 3.05) is 12.4 Å². The van der Waals surface area contributed by atoms with E-state index in [0.29, 0.717) is 28.5 Å². The van der Waals surface area contributed by atoms with E-state index in [1.807, 2.05) is 13.8 Å². The van der Waals surface area contributed by atoms with Crippen LogP contribution in [0.4, 0.5) is 0 Å². The molecular formula is C13H16N2O4S2. The van der Waals surface area contributed by atoms with Gasteiger partial charge in [0.2, 0.25) is 0 Å². The van der Waals surface area contributed by atoms with E-state index >= 15 is 0 Å². The van der Waals surface area contributed by atoms with E-state index < -0.39 is 5.97 Å². The van der Waals surface area contributed by atoms with E-state index in [0.717, 1.165) is 11.8 Å². The van der Waals surface area contributed by atoms with Crippen LogP contribution in [0.5, 0.6) is 0 Å². The molecule has 0 aliphatic rings. The molecule has 1 N–H and O–H groups in total. The highest BCUT2D eigenvalue weighted by molar-refractivity contribution is 7.99. The fraction of sp³-hybridized carbons (Fsp3) is 0.462. The van der Waals surface area contributed by atoms with Crippen LogP contribution >= 0.6 is 23.1 Å². The van der Waals surface area contributed by atoms with Crippen LogP contribution in [0, 0.1) is 0 Å². The van der Waals surface area contributed by atoms with Gasteiger partial charge in [-0.2, -0.15) is 0 Å². The fourth-order valence-electron chi connectivity index (χ4n) is 1.92. The first-order valence-electron chi connectivity index (χ1n) is 6.47. The Morgan fingerprint density at radius 3 is 3.05 bits per heavy atom. The van der Waals surface area contributed by atoms with Crippen molar-refractivity contribution in [2.45, 2.75) is 31.7 Å². The minimum atomic E-state index is -0.940. The van der Waals surface area contributed by atoms with Crippen molar-refractivity contribution in [3.8, 4) is 0 Å². The second kappa shape index (κ2) is 7.06. The van der Waals surface area contributed by atoms with E-state index in [9.17, 15) is 9.59 Å². The van der Waals surface area contributed by atoms with Gasteiger partial charge in [0.1, 0.15) is 4.83 Å². The number of thioether (sulfide) groups is 1. The van der Waals surface area contributed by atoms with Crippen LogP contribution in [0.1, 0.15) is 13.8 Å². The Morgan fingerprint density at radius 1 is 1.62 bits per heavy atom. The summed E-state index contributed by atoms with van der Waals surface area (Å²) in [5, 5.41) is 11.6. The van der Waals surface area contributed by atoms with Crippen molar-refractivity contribution in [1.82, 2.24) is 9.55 Å². The number of carboxylic acid groups (broad SMARTS) is 1. The standard InChI is InChI=1S/C13H16N2O4S2/c1-3-19-8(2)6-15-12(18)9-4-5-20-11(9)14-13(15)21-7-10(16)17/h4-5,8H,3,6-7H2,1-2H3,(H,16,17). The zero-order valence-electron chi connectivity index (χ0n) is 11.7. The first kappa shape index (κ1) is 16.0. The molecular weight excluding hydrogens is 312 g/mol. The van der Waals surface area contributed by atoms with Crippen LogP contribution in [-0.2, 0) is 16.1 Å². The average molecular weight is 328 g/mol. The number of ether oxygens (including phenoxy) is 1. The number of aliphatic carboxylic acids is 1. The molecule has 2 rings (SSSR count). The number of carboxylic acids is 1. The number of hydrogen-bond acceptors (Lipinski definition) is 6. The van der Waals surface area contributed by atoms with E-state index in [1.54, 1.807) is 11.4 Å². The molecule has 0 aliphatic heterocycles. The predicted molar refractivity (Wildman–Crippen MR) is 83.3 cm³/mol. The SMILES string of the molecule is CCOC(C)Cn1c(SCC(=O)O)nc2sccc2c1=O. The molecule has 2 heterocycles. The smallest absolute Gasteiger partial charge is 0.313 e. The van der Waals surface area contributed by atoms with E-state index in [1.165, 1.54) is 15.9 Å². The largest absolute Gasteiger partial charge is 0.481 e. The van der Waals surface area contributed by atoms with Gasteiger partial charge in [-0.05, 0) is 25.3 Å². The number of thiophene rings is 1. The Bertz CT molecular complexity index is 695. The van der Waals surface area contributed by atoms with Crippen LogP contribution in [-0.4, -0.2) is 39.1 Å². The summed E-state index contributed by atoms with van der Waals surface area (Å²) < 4.78 is 6.97. The molecule has 0 saturated carbocycles. The predicted octanol–water partition coefficient (Wildman–Crippen LogP) is 2.06. The summed E-state index contributed by atoms with van der Waals surface area (Å²) in [6.07, 6.45) is -0.144. The number of carbonyl (C=O) groups is 1. The molecule has 8 heteroatoms. The van der Waals surface area contributed by atoms with Crippen molar-refractivity contribution < 1.29 is 14.6 Å². The van der Waals surface area contributed by atoms with Gasteiger partial charge in [0.25, 0.3) is 5.56 Å². The lowest BCUT2D eigenvalue weighted by Gasteiger charge is -2.16. The molecule has 0 radical (unpaired) electrons. The highest BCUT2D eigenvalue weighted by Crippen LogP contribution is 2.21. The molecule has 2 aromatic rings. The summed E-state index contributed by atoms with van der Waals surface area (Å²) in [6.45, 7) is 4.67. The molecule has 0 aliphatic carbocycles. The minimum Gasteiger partial charge on any atom is -0.481 e. The topological polar surface area (TPSA) is 81.4 Å². The van der Waals surface area contributed by atoms with Gasteiger partial charge in [-0.3, -0.25) is 14.2 Å². The van der Waals surface area contributed by atoms with Crippen LogP contribution in [0.2, 0.25) is 0 Å². The monoisotopic (exact) mass is 328 g/mol. The molecule has 0 bridgehead atoms. The van der Waals surface area contributed by atoms with Gasteiger partial charge in [0.15, 0.2) is 5.16 Å². The van der Waals surface area contributed by atoms with Crippen LogP contribution in [0.15, 0.2) is 21.4 Å². The lowest BCUT2D eigenvalue weighted by atomic mass is 10.3. The maximum absolute atomic E-state index is 12.5. The molecule has 2 aromatic heterocycles. The van der Waals surface area contributed by atoms with Crippen molar-refractivity contribution >= 4 is 39.3 Å². The zero-order chi connectivity index (χ0) is 15.4. The van der Waals surface area contributed by atoms with Gasteiger partial charge in [-0.1, -0.05) is 11.8 Å². The number of hydrogen-bond donors (Lipinski definition) is 1. The van der Waals surface area contributed by atoms with Crippen molar-refractivity contribution in [2.24, 2.45) is 0 Å². The minimum absolute atomic E-state index is 0.133. The van der Waals surface area contributed by atoms with Crippen molar-refractivity contribution in [3.05, 3.63) is 21.8 Å². The molecule has 0 fully saturated rings. The first-order chi connectivity index (χ1) is 10.0. The molecule has 114 valence electrons. The van der Waals surface area contributed by atoms with E-state index in [4.69, 9.17) is 9.84 Å². The quantitative estimate of drug-likeness (QED) is 0.619. The van der Waals surface area contributed by atoms with Crippen LogP contribution < -0.4 is 5.56 Å². The Kier molecular flexibility index (Phi) is 5.38. The number of aromatic nitrogens is 2. The third-order valence-corrected chi connectivity index (χ3v) is 4.53. The Hall–Kier alpha value is -1.38. The molecule has 0 saturated heterocycles. The third-order valence-electron chi connectivity index (χ3n) is 2.76. The Morgan fingerprint density at radius 2 is 2.38 bits per heavy atom. The lowest BCUT2D eigenvalue weighted by molar-refractivity contribution is -0.133. The number of rotatable bonds is 7. The summed E-state index contributed by atoms with van der Waals surface area (Å²) in [7, 11) is 0. The summed E-state index contributed by atoms with van der Waals surface area (Å²) in [5.74, 6) is -1.07. The van der Waals surface area contributed by atoms with Crippen LogP contribution in [0.25, 0.3) is 10.2 Å². The summed E-state index contributed by atoms with van der Waals surface area (Å²) in [6, 6.07) is 1.74. The van der Waals surface area contributed by atoms with E-state index in [-0.39, 0.29) is 17.4 Å².